The lowest BCUT2D eigenvalue weighted by Gasteiger charge is -2.26. The molecular weight excluding hydrogens is 720 g/mol. The number of nitrogens with one attached hydrogen (secondary N) is 1. The van der Waals surface area contributed by atoms with Crippen LogP contribution in [-0.4, -0.2) is 31.8 Å². The van der Waals surface area contributed by atoms with Crippen molar-refractivity contribution in [3.63, 3.8) is 0 Å². The first-order valence-corrected chi connectivity index (χ1v) is 17.0. The molecule has 0 radical (unpaired) electrons. The molecular formula is C38H31BrN4O6S. The van der Waals surface area contributed by atoms with Crippen LogP contribution in [0.25, 0.3) is 6.08 Å². The number of nitrogens with zero attached hydrogens (tertiary/aromatic N) is 3. The van der Waals surface area contributed by atoms with Crippen molar-refractivity contribution in [3.05, 3.63) is 143 Å². The van der Waals surface area contributed by atoms with Crippen molar-refractivity contribution < 1.29 is 23.7 Å². The third-order valence-electron chi connectivity index (χ3n) is 8.12. The van der Waals surface area contributed by atoms with E-state index >= 15 is 0 Å². The maximum Gasteiger partial charge on any atom is 0.271 e. The molecule has 0 saturated carbocycles. The molecule has 0 spiro atoms. The average molecular weight is 752 g/mol. The first kappa shape index (κ1) is 34.2. The molecule has 6 rings (SSSR count). The number of hydrogen-bond donors (Lipinski definition) is 1. The van der Waals surface area contributed by atoms with Gasteiger partial charge in [-0.1, -0.05) is 63.7 Å². The summed E-state index contributed by atoms with van der Waals surface area (Å²) in [6, 6.07) is 26.5. The normalized spacial score (nSPS) is 13.9. The Labute approximate surface area is 300 Å². The fourth-order valence-electron chi connectivity index (χ4n) is 5.66. The number of carbonyl (C=O) groups excluding carboxylic acids is 1. The van der Waals surface area contributed by atoms with Crippen molar-refractivity contribution in [3.8, 4) is 29.1 Å². The van der Waals surface area contributed by atoms with E-state index in [-0.39, 0.29) is 12.2 Å². The van der Waals surface area contributed by atoms with E-state index in [2.05, 4.69) is 27.3 Å². The summed E-state index contributed by atoms with van der Waals surface area (Å²) >= 11 is 4.84. The van der Waals surface area contributed by atoms with E-state index in [1.54, 1.807) is 74.7 Å². The van der Waals surface area contributed by atoms with Crippen molar-refractivity contribution >= 4 is 44.9 Å². The number of ether oxygens (including phenoxy) is 4. The lowest BCUT2D eigenvalue weighted by atomic mass is 9.94. The van der Waals surface area contributed by atoms with Gasteiger partial charge < -0.3 is 24.3 Å². The second kappa shape index (κ2) is 14.9. The van der Waals surface area contributed by atoms with Gasteiger partial charge in [-0.2, -0.15) is 5.26 Å². The van der Waals surface area contributed by atoms with Crippen molar-refractivity contribution in [2.75, 3.05) is 26.6 Å². The molecule has 1 aliphatic rings. The van der Waals surface area contributed by atoms with Crippen LogP contribution in [-0.2, 0) is 11.4 Å². The van der Waals surface area contributed by atoms with Gasteiger partial charge in [0.1, 0.15) is 24.1 Å². The van der Waals surface area contributed by atoms with Gasteiger partial charge in [-0.15, -0.1) is 0 Å². The number of methoxy groups -OCH3 is 3. The van der Waals surface area contributed by atoms with Gasteiger partial charge in [0.2, 0.25) is 0 Å². The maximum atomic E-state index is 14.4. The Morgan fingerprint density at radius 3 is 2.44 bits per heavy atom. The van der Waals surface area contributed by atoms with E-state index in [1.165, 1.54) is 30.1 Å². The summed E-state index contributed by atoms with van der Waals surface area (Å²) in [6.45, 7) is 1.92. The summed E-state index contributed by atoms with van der Waals surface area (Å²) in [5, 5.41) is 12.4. The average Bonchev–Trinajstić information content (AvgIpc) is 3.44. The first-order valence-electron chi connectivity index (χ1n) is 15.4. The van der Waals surface area contributed by atoms with Crippen LogP contribution in [0.5, 0.6) is 23.0 Å². The lowest BCUT2D eigenvalue weighted by molar-refractivity contribution is -0.113. The van der Waals surface area contributed by atoms with Gasteiger partial charge in [0.25, 0.3) is 11.5 Å². The third kappa shape index (κ3) is 6.78. The largest absolute Gasteiger partial charge is 0.497 e. The number of rotatable bonds is 10. The SMILES string of the molecule is COc1ccc([C@H]2C(C(=O)Nc3ccccc3)=C(C)N=c3s/c(=C\c4cc(OC)c(OCc5ccccc5C#N)cc4Br)c(=O)n32)c(OC)c1. The minimum absolute atomic E-state index is 0.166. The molecule has 1 N–H and O–H groups in total. The smallest absolute Gasteiger partial charge is 0.271 e. The summed E-state index contributed by atoms with van der Waals surface area (Å²) in [5.74, 6) is 1.52. The van der Waals surface area contributed by atoms with Crippen LogP contribution >= 0.6 is 27.3 Å². The van der Waals surface area contributed by atoms with Gasteiger partial charge >= 0.3 is 0 Å². The van der Waals surface area contributed by atoms with Crippen molar-refractivity contribution in [1.82, 2.24) is 4.57 Å². The number of halogens is 1. The van der Waals surface area contributed by atoms with Crippen LogP contribution in [0.15, 0.2) is 110 Å². The summed E-state index contributed by atoms with van der Waals surface area (Å²) in [6.07, 6.45) is 1.75. The fraction of sp³-hybridized carbons (Fsp3) is 0.158. The molecule has 0 bridgehead atoms. The molecule has 0 saturated heterocycles. The van der Waals surface area contributed by atoms with Crippen LogP contribution < -0.4 is 39.2 Å². The highest BCUT2D eigenvalue weighted by Gasteiger charge is 2.34. The number of hydrogen-bond acceptors (Lipinski definition) is 9. The molecule has 1 aliphatic heterocycles. The van der Waals surface area contributed by atoms with Crippen LogP contribution in [0, 0.1) is 11.3 Å². The Bertz CT molecular complexity index is 2360. The number of amides is 1. The maximum absolute atomic E-state index is 14.4. The molecule has 2 heterocycles. The molecule has 12 heteroatoms. The summed E-state index contributed by atoms with van der Waals surface area (Å²) in [4.78, 5) is 33.5. The van der Waals surface area contributed by atoms with Crippen molar-refractivity contribution in [2.24, 2.45) is 4.99 Å². The van der Waals surface area contributed by atoms with Crippen molar-refractivity contribution in [2.45, 2.75) is 19.6 Å². The predicted molar refractivity (Wildman–Crippen MR) is 195 cm³/mol. The summed E-state index contributed by atoms with van der Waals surface area (Å²) in [5.41, 5.74) is 3.57. The number of fused-ring (bicyclic) bond motifs is 1. The van der Waals surface area contributed by atoms with Crippen LogP contribution in [0.4, 0.5) is 5.69 Å². The first-order chi connectivity index (χ1) is 24.3. The standard InChI is InChI=1S/C38H31BrN4O6S/c1-22-34(36(44)42-26-12-6-5-7-13-26)35(28-15-14-27(46-2)18-30(28)47-3)43-37(45)33(50-38(43)41-22)17-25-16-31(48-4)32(19-29(25)39)49-21-24-11-9-8-10-23(24)20-40/h5-19,35H,21H2,1-4H3,(H,42,44)/b33-17-/t35-/m0/s1. The third-order valence-corrected chi connectivity index (χ3v) is 9.79. The zero-order chi connectivity index (χ0) is 35.4. The van der Waals surface area contributed by atoms with Crippen LogP contribution in [0.2, 0.25) is 0 Å². The van der Waals surface area contributed by atoms with Gasteiger partial charge in [-0.05, 0) is 61.0 Å². The zero-order valence-electron chi connectivity index (χ0n) is 27.5. The van der Waals surface area contributed by atoms with Gasteiger partial charge in [0.15, 0.2) is 16.3 Å². The highest BCUT2D eigenvalue weighted by molar-refractivity contribution is 9.10. The Kier molecular flexibility index (Phi) is 10.2. The number of thiazole rings is 1. The minimum Gasteiger partial charge on any atom is -0.497 e. The van der Waals surface area contributed by atoms with E-state index in [0.29, 0.717) is 70.5 Å². The molecule has 50 heavy (non-hydrogen) atoms. The number of aromatic nitrogens is 1. The number of allylic oxidation sites excluding steroid dienone is 1. The molecule has 0 fully saturated rings. The monoisotopic (exact) mass is 750 g/mol. The lowest BCUT2D eigenvalue weighted by Crippen LogP contribution is -2.40. The quantitative estimate of drug-likeness (QED) is 0.183. The second-order valence-corrected chi connectivity index (χ2v) is 13.0. The topological polar surface area (TPSA) is 124 Å². The molecule has 1 aromatic heterocycles. The molecule has 252 valence electrons. The molecule has 1 atom stereocenters. The van der Waals surface area contributed by atoms with Gasteiger partial charge in [0, 0.05) is 27.4 Å². The number of anilines is 1. The second-order valence-electron chi connectivity index (χ2n) is 11.1. The number of nitriles is 1. The Morgan fingerprint density at radius 1 is 0.980 bits per heavy atom. The van der Waals surface area contributed by atoms with E-state index in [1.807, 2.05) is 30.3 Å². The Hall–Kier alpha value is -5.64. The van der Waals surface area contributed by atoms with Crippen LogP contribution in [0.3, 0.4) is 0 Å². The van der Waals surface area contributed by atoms with E-state index in [0.717, 1.165) is 5.56 Å². The molecule has 10 nitrogen and oxygen atoms in total. The molecule has 4 aromatic carbocycles. The van der Waals surface area contributed by atoms with Gasteiger partial charge in [0.05, 0.1) is 48.8 Å². The van der Waals surface area contributed by atoms with E-state index < -0.39 is 11.9 Å². The van der Waals surface area contributed by atoms with Crippen molar-refractivity contribution in [1.29, 1.82) is 5.26 Å². The van der Waals surface area contributed by atoms with Gasteiger partial charge in [-0.3, -0.25) is 14.2 Å². The molecule has 5 aromatic rings. The number of para-hydroxylation sites is 1. The summed E-state index contributed by atoms with van der Waals surface area (Å²) < 4.78 is 25.5. The van der Waals surface area contributed by atoms with Gasteiger partial charge in [-0.25, -0.2) is 4.99 Å². The zero-order valence-corrected chi connectivity index (χ0v) is 29.9. The molecule has 0 aliphatic carbocycles. The predicted octanol–water partition coefficient (Wildman–Crippen LogP) is 6.11. The minimum atomic E-state index is -0.858. The summed E-state index contributed by atoms with van der Waals surface area (Å²) in [7, 11) is 4.62. The number of benzene rings is 4. The Balaban J connectivity index is 1.44. The Morgan fingerprint density at radius 2 is 1.72 bits per heavy atom. The molecule has 1 amide bonds. The molecule has 0 unspecified atom stereocenters. The highest BCUT2D eigenvalue weighted by atomic mass is 79.9. The fourth-order valence-corrected chi connectivity index (χ4v) is 7.13. The van der Waals surface area contributed by atoms with Crippen LogP contribution in [0.1, 0.15) is 35.2 Å². The highest BCUT2D eigenvalue weighted by Crippen LogP contribution is 2.38. The number of carbonyl (C=O) groups is 1. The van der Waals surface area contributed by atoms with E-state index in [9.17, 15) is 14.9 Å². The van der Waals surface area contributed by atoms with E-state index in [4.69, 9.17) is 23.9 Å².